The number of methoxy groups -OCH3 is 1. The number of nitrogens with one attached hydrogen (secondary N) is 1. The number of aliphatic hydroxyl groups is 1. The third kappa shape index (κ3) is 4.65. The Morgan fingerprint density at radius 2 is 1.85 bits per heavy atom. The van der Waals surface area contributed by atoms with Crippen molar-refractivity contribution >= 4 is 39.4 Å². The van der Waals surface area contributed by atoms with Gasteiger partial charge in [-0.05, 0) is 18.9 Å². The van der Waals surface area contributed by atoms with Gasteiger partial charge >= 0.3 is 0 Å². The van der Waals surface area contributed by atoms with E-state index in [2.05, 4.69) is 10.3 Å². The van der Waals surface area contributed by atoms with Crippen molar-refractivity contribution in [2.45, 2.75) is 25.4 Å². The maximum absolute atomic E-state index is 13.9. The number of aliphatic hydroxyl groups excluding tert-OH is 1. The van der Waals surface area contributed by atoms with Crippen LogP contribution in [0.5, 0.6) is 5.75 Å². The average Bonchev–Trinajstić information content (AvgIpc) is 3.28. The van der Waals surface area contributed by atoms with Gasteiger partial charge in [0, 0.05) is 49.5 Å². The number of carbonyl (C=O) groups is 3. The Morgan fingerprint density at radius 3 is 2.51 bits per heavy atom. The second-order valence-corrected chi connectivity index (χ2v) is 9.52. The Kier molecular flexibility index (Phi) is 7.16. The Labute approximate surface area is 223 Å². The molecule has 2 N–H and O–H groups in total. The molecule has 1 aliphatic heterocycles. The van der Waals surface area contributed by atoms with Crippen molar-refractivity contribution in [3.63, 3.8) is 0 Å². The van der Waals surface area contributed by atoms with Crippen molar-refractivity contribution in [3.05, 3.63) is 70.4 Å². The quantitative estimate of drug-likeness (QED) is 0.345. The third-order valence-corrected chi connectivity index (χ3v) is 7.29. The Balaban J connectivity index is 1.56. The van der Waals surface area contributed by atoms with Crippen LogP contribution in [-0.4, -0.2) is 74.6 Å². The van der Waals surface area contributed by atoms with Gasteiger partial charge in [0.05, 0.1) is 24.7 Å². The Bertz CT molecular complexity index is 1630. The van der Waals surface area contributed by atoms with Crippen LogP contribution in [0.2, 0.25) is 0 Å². The zero-order valence-corrected chi connectivity index (χ0v) is 21.7. The molecule has 39 heavy (non-hydrogen) atoms. The molecule has 0 radical (unpaired) electrons. The number of carbonyl (C=O) groups excluding carboxylic acids is 3. The minimum Gasteiger partial charge on any atom is -0.493 e. The molecular weight excluding hydrogens is 502 g/mol. The molecule has 4 heterocycles. The summed E-state index contributed by atoms with van der Waals surface area (Å²) in [6, 6.07) is 10.2. The number of hydrogen-bond donors (Lipinski definition) is 2. The van der Waals surface area contributed by atoms with E-state index in [0.717, 1.165) is 0 Å². The maximum atomic E-state index is 13.9. The summed E-state index contributed by atoms with van der Waals surface area (Å²) in [5, 5.41) is 12.9. The summed E-state index contributed by atoms with van der Waals surface area (Å²) in [5.74, 6) is -0.859. The van der Waals surface area contributed by atoms with Gasteiger partial charge < -0.3 is 24.6 Å². The normalized spacial score (nSPS) is 14.1. The second kappa shape index (κ2) is 10.7. The largest absolute Gasteiger partial charge is 0.493 e. The topological polar surface area (TPSA) is 136 Å². The van der Waals surface area contributed by atoms with E-state index in [1.54, 1.807) is 59.2 Å². The molecule has 1 aromatic carbocycles. The molecular formula is C28H29N5O6. The van der Waals surface area contributed by atoms with Crippen LogP contribution in [0.1, 0.15) is 33.7 Å². The van der Waals surface area contributed by atoms with E-state index < -0.39 is 18.1 Å². The lowest BCUT2D eigenvalue weighted by atomic mass is 10.0. The van der Waals surface area contributed by atoms with E-state index in [-0.39, 0.29) is 41.1 Å². The Hall–Kier alpha value is -4.51. The minimum atomic E-state index is -0.540. The number of nitrogens with zero attached hydrogens (tertiary/aromatic N) is 4. The number of pyridine rings is 2. The molecule has 0 spiro atoms. The molecule has 2 amide bonds. The fourth-order valence-corrected chi connectivity index (χ4v) is 5.32. The van der Waals surface area contributed by atoms with Crippen molar-refractivity contribution < 1.29 is 24.2 Å². The van der Waals surface area contributed by atoms with Gasteiger partial charge in [0.25, 0.3) is 11.5 Å². The van der Waals surface area contributed by atoms with Crippen LogP contribution in [-0.2, 0) is 18.4 Å². The average molecular weight is 532 g/mol. The van der Waals surface area contributed by atoms with Gasteiger partial charge in [0.1, 0.15) is 12.0 Å². The van der Waals surface area contributed by atoms with E-state index >= 15 is 0 Å². The molecule has 1 fully saturated rings. The first-order valence-electron chi connectivity index (χ1n) is 12.7. The molecule has 5 rings (SSSR count). The molecule has 3 aromatic heterocycles. The fourth-order valence-electron chi connectivity index (χ4n) is 5.32. The molecule has 4 aromatic rings. The molecule has 202 valence electrons. The van der Waals surface area contributed by atoms with Gasteiger partial charge in [0.2, 0.25) is 5.91 Å². The monoisotopic (exact) mass is 531 g/mol. The van der Waals surface area contributed by atoms with Gasteiger partial charge in [-0.15, -0.1) is 0 Å². The van der Waals surface area contributed by atoms with E-state index in [1.165, 1.54) is 11.7 Å². The highest BCUT2D eigenvalue weighted by atomic mass is 16.5. The number of ketones is 1. The first-order chi connectivity index (χ1) is 18.8. The molecule has 0 unspecified atom stereocenters. The highest BCUT2D eigenvalue weighted by Crippen LogP contribution is 2.34. The molecule has 1 saturated heterocycles. The second-order valence-electron chi connectivity index (χ2n) is 9.52. The van der Waals surface area contributed by atoms with E-state index in [4.69, 9.17) is 9.84 Å². The zero-order chi connectivity index (χ0) is 27.7. The summed E-state index contributed by atoms with van der Waals surface area (Å²) in [6.45, 7) is 0.117. The predicted octanol–water partition coefficient (Wildman–Crippen LogP) is 1.49. The van der Waals surface area contributed by atoms with E-state index in [0.29, 0.717) is 47.9 Å². The lowest BCUT2D eigenvalue weighted by Crippen LogP contribution is -2.47. The summed E-state index contributed by atoms with van der Waals surface area (Å²) in [7, 11) is 3.09. The van der Waals surface area contributed by atoms with Gasteiger partial charge in [-0.3, -0.25) is 28.7 Å². The zero-order valence-electron chi connectivity index (χ0n) is 21.7. The number of benzene rings is 1. The third-order valence-electron chi connectivity index (χ3n) is 7.29. The summed E-state index contributed by atoms with van der Waals surface area (Å²) >= 11 is 0. The number of Topliss-reactive ketones (excluding diaryl/α,β-unsaturated/α-hetero) is 1. The van der Waals surface area contributed by atoms with Crippen molar-refractivity contribution in [2.24, 2.45) is 7.05 Å². The number of hydrogen-bond acceptors (Lipinski definition) is 7. The molecule has 0 aliphatic carbocycles. The van der Waals surface area contributed by atoms with E-state index in [9.17, 15) is 19.2 Å². The number of piperidine rings is 1. The summed E-state index contributed by atoms with van der Waals surface area (Å²) in [6.07, 6.45) is 4.23. The van der Waals surface area contributed by atoms with Gasteiger partial charge in [0.15, 0.2) is 17.2 Å². The fraction of sp³-hybridized carbons (Fsp3) is 0.321. The molecule has 11 nitrogen and oxygen atoms in total. The highest BCUT2D eigenvalue weighted by molar-refractivity contribution is 6.12. The number of ether oxygens (including phenoxy) is 1. The van der Waals surface area contributed by atoms with E-state index in [1.807, 2.05) is 6.07 Å². The van der Waals surface area contributed by atoms with Gasteiger partial charge in [-0.1, -0.05) is 30.3 Å². The number of rotatable bonds is 7. The molecule has 11 heteroatoms. The maximum Gasteiger partial charge on any atom is 0.272 e. The lowest BCUT2D eigenvalue weighted by molar-refractivity contribution is -0.135. The molecule has 1 aliphatic rings. The first-order valence-corrected chi connectivity index (χ1v) is 12.7. The number of fused-ring (bicyclic) bond motifs is 3. The minimum absolute atomic E-state index is 0.120. The smallest absolute Gasteiger partial charge is 0.272 e. The van der Waals surface area contributed by atoms with Crippen LogP contribution >= 0.6 is 0 Å². The van der Waals surface area contributed by atoms with Gasteiger partial charge in [-0.25, -0.2) is 0 Å². The number of likely N-dealkylation sites (tertiary alicyclic amines) is 1. The van der Waals surface area contributed by atoms with Crippen molar-refractivity contribution in [3.8, 4) is 5.75 Å². The Morgan fingerprint density at radius 1 is 1.13 bits per heavy atom. The number of amides is 2. The summed E-state index contributed by atoms with van der Waals surface area (Å²) in [5.41, 5.74) is 1.21. The van der Waals surface area contributed by atoms with Crippen LogP contribution in [0.25, 0.3) is 21.8 Å². The molecule has 0 saturated carbocycles. The van der Waals surface area contributed by atoms with Gasteiger partial charge in [-0.2, -0.15) is 0 Å². The molecule has 0 bridgehead atoms. The predicted molar refractivity (Wildman–Crippen MR) is 144 cm³/mol. The lowest BCUT2D eigenvalue weighted by Gasteiger charge is -2.32. The van der Waals surface area contributed by atoms with Crippen LogP contribution in [0.4, 0.5) is 0 Å². The van der Waals surface area contributed by atoms with Crippen molar-refractivity contribution in [2.75, 3.05) is 26.8 Å². The van der Waals surface area contributed by atoms with Crippen LogP contribution in [0, 0.1) is 0 Å². The van der Waals surface area contributed by atoms with Crippen molar-refractivity contribution in [1.82, 2.24) is 24.3 Å². The van der Waals surface area contributed by atoms with Crippen LogP contribution < -0.4 is 15.6 Å². The first kappa shape index (κ1) is 26.1. The summed E-state index contributed by atoms with van der Waals surface area (Å²) < 4.78 is 8.67. The van der Waals surface area contributed by atoms with Crippen LogP contribution in [0.3, 0.4) is 0 Å². The highest BCUT2D eigenvalue weighted by Gasteiger charge is 2.30. The molecule has 0 atom stereocenters. The number of aromatic nitrogens is 3. The number of aryl methyl sites for hydroxylation is 1. The SMILES string of the molecule is COc1c(C(=O)NC2CCN(C(=O)CO)CC2)n(C)c2c1c(=O)n(CC(=O)c1ccccc1)c1ccncc21. The standard InChI is InChI=1S/C28H29N5O6/c1-31-24-19-14-29-11-8-20(19)33(15-21(35)17-6-4-3-5-7-17)28(38)23(24)26(39-2)25(31)27(37)30-18-9-12-32(13-10-18)22(36)16-34/h3-8,11,14,18,34H,9-10,12-13,15-16H2,1-2H3,(H,30,37). The van der Waals surface area contributed by atoms with Crippen molar-refractivity contribution in [1.29, 1.82) is 0 Å². The van der Waals surface area contributed by atoms with Crippen LogP contribution in [0.15, 0.2) is 53.6 Å². The summed E-state index contributed by atoms with van der Waals surface area (Å²) in [4.78, 5) is 58.1.